The number of hydrogen-bond donors (Lipinski definition) is 1. The van der Waals surface area contributed by atoms with E-state index < -0.39 is 5.38 Å². The van der Waals surface area contributed by atoms with Crippen LogP contribution in [-0.2, 0) is 0 Å². The van der Waals surface area contributed by atoms with Gasteiger partial charge in [-0.15, -0.1) is 11.6 Å². The van der Waals surface area contributed by atoms with Crippen LogP contribution in [0.1, 0.15) is 0 Å². The highest BCUT2D eigenvalue weighted by Crippen LogP contribution is 2.17. The van der Waals surface area contributed by atoms with Crippen LogP contribution in [0.3, 0.4) is 0 Å². The van der Waals surface area contributed by atoms with E-state index in [1.54, 1.807) is 12.2 Å². The second-order valence-electron chi connectivity index (χ2n) is 1.70. The Morgan fingerprint density at radius 2 is 2.40 bits per heavy atom. The zero-order chi connectivity index (χ0) is 7.56. The van der Waals surface area contributed by atoms with Crippen molar-refractivity contribution in [2.75, 3.05) is 0 Å². The van der Waals surface area contributed by atoms with Gasteiger partial charge in [0, 0.05) is 6.08 Å². The molecule has 0 saturated heterocycles. The largest absolute Gasteiger partial charge is 0.411 e. The normalized spacial score (nSPS) is 28.8. The van der Waals surface area contributed by atoms with Crippen molar-refractivity contribution in [3.05, 3.63) is 23.3 Å². The number of rotatable bonds is 0. The van der Waals surface area contributed by atoms with Gasteiger partial charge in [-0.25, -0.2) is 0 Å². The van der Waals surface area contributed by atoms with Crippen molar-refractivity contribution in [2.24, 2.45) is 5.16 Å². The molecule has 0 aromatic heterocycles. The molecule has 0 spiro atoms. The molecule has 1 rings (SSSR count). The third kappa shape index (κ3) is 1.33. The highest BCUT2D eigenvalue weighted by Gasteiger charge is 2.16. The SMILES string of the molecule is ON=C1C(Cl)=[C]C=CC1Cl. The van der Waals surface area contributed by atoms with E-state index in [4.69, 9.17) is 28.4 Å². The van der Waals surface area contributed by atoms with Crippen LogP contribution in [0.15, 0.2) is 22.3 Å². The Hall–Kier alpha value is -0.470. The first-order valence-electron chi connectivity index (χ1n) is 2.57. The monoisotopic (exact) mass is 176 g/mol. The fourth-order valence-corrected chi connectivity index (χ4v) is 1.09. The van der Waals surface area contributed by atoms with Crippen LogP contribution in [0, 0.1) is 6.08 Å². The molecule has 0 aliphatic heterocycles. The summed E-state index contributed by atoms with van der Waals surface area (Å²) >= 11 is 11.2. The van der Waals surface area contributed by atoms with Crippen molar-refractivity contribution in [1.29, 1.82) is 0 Å². The van der Waals surface area contributed by atoms with Crippen molar-refractivity contribution in [2.45, 2.75) is 5.38 Å². The van der Waals surface area contributed by atoms with Crippen LogP contribution in [0.25, 0.3) is 0 Å². The molecule has 1 atom stereocenters. The Morgan fingerprint density at radius 1 is 1.70 bits per heavy atom. The summed E-state index contributed by atoms with van der Waals surface area (Å²) in [5, 5.41) is 11.1. The molecular weight excluding hydrogens is 173 g/mol. The van der Waals surface area contributed by atoms with E-state index in [-0.39, 0.29) is 10.7 Å². The predicted molar refractivity (Wildman–Crippen MR) is 40.6 cm³/mol. The summed E-state index contributed by atoms with van der Waals surface area (Å²) in [5.74, 6) is 0. The lowest BCUT2D eigenvalue weighted by Crippen LogP contribution is -2.14. The maximum Gasteiger partial charge on any atom is 0.120 e. The summed E-state index contributed by atoms with van der Waals surface area (Å²) < 4.78 is 0. The van der Waals surface area contributed by atoms with Gasteiger partial charge in [0.1, 0.15) is 5.71 Å². The average molecular weight is 177 g/mol. The molecule has 1 aliphatic carbocycles. The van der Waals surface area contributed by atoms with Gasteiger partial charge >= 0.3 is 0 Å². The maximum atomic E-state index is 8.36. The maximum absolute atomic E-state index is 8.36. The second kappa shape index (κ2) is 3.08. The first-order chi connectivity index (χ1) is 4.75. The summed E-state index contributed by atoms with van der Waals surface area (Å²) in [6.45, 7) is 0. The van der Waals surface area contributed by atoms with Crippen LogP contribution < -0.4 is 0 Å². The van der Waals surface area contributed by atoms with Crippen molar-refractivity contribution in [3.8, 4) is 0 Å². The summed E-state index contributed by atoms with van der Waals surface area (Å²) in [6, 6.07) is 0. The number of halogens is 2. The summed E-state index contributed by atoms with van der Waals surface area (Å²) in [6.07, 6.45) is 5.86. The first-order valence-corrected chi connectivity index (χ1v) is 3.39. The molecule has 1 aliphatic rings. The molecule has 0 aromatic carbocycles. The fourth-order valence-electron chi connectivity index (χ4n) is 0.591. The van der Waals surface area contributed by atoms with Gasteiger partial charge in [-0.1, -0.05) is 28.9 Å². The van der Waals surface area contributed by atoms with Gasteiger partial charge in [0.25, 0.3) is 0 Å². The highest BCUT2D eigenvalue weighted by molar-refractivity contribution is 6.50. The number of hydrogen-bond acceptors (Lipinski definition) is 2. The fraction of sp³-hybridized carbons (Fsp3) is 0.167. The van der Waals surface area contributed by atoms with E-state index in [2.05, 4.69) is 11.2 Å². The molecule has 1 radical (unpaired) electrons. The number of oxime groups is 1. The molecule has 1 N–H and O–H groups in total. The molecule has 0 aromatic rings. The van der Waals surface area contributed by atoms with Crippen LogP contribution in [0.4, 0.5) is 0 Å². The summed E-state index contributed by atoms with van der Waals surface area (Å²) in [5.41, 5.74) is 0.242. The highest BCUT2D eigenvalue weighted by atomic mass is 35.5. The van der Waals surface area contributed by atoms with Crippen LogP contribution in [-0.4, -0.2) is 16.3 Å². The van der Waals surface area contributed by atoms with Gasteiger partial charge < -0.3 is 5.21 Å². The standard InChI is InChI=1S/C6H4Cl2NO/c7-4-2-1-3-5(8)6(4)9-10/h1-2,4,10H. The van der Waals surface area contributed by atoms with Crippen molar-refractivity contribution >= 4 is 28.9 Å². The lowest BCUT2D eigenvalue weighted by Gasteiger charge is -2.07. The van der Waals surface area contributed by atoms with Crippen molar-refractivity contribution < 1.29 is 5.21 Å². The topological polar surface area (TPSA) is 32.6 Å². The lowest BCUT2D eigenvalue weighted by atomic mass is 10.1. The summed E-state index contributed by atoms with van der Waals surface area (Å²) in [7, 11) is 0. The van der Waals surface area contributed by atoms with E-state index in [1.165, 1.54) is 0 Å². The Morgan fingerprint density at radius 3 is 2.80 bits per heavy atom. The van der Waals surface area contributed by atoms with Gasteiger partial charge in [0.2, 0.25) is 0 Å². The molecule has 1 unspecified atom stereocenters. The van der Waals surface area contributed by atoms with Gasteiger partial charge in [0.05, 0.1) is 10.4 Å². The molecular formula is C6H4Cl2NO. The Kier molecular flexibility index (Phi) is 2.35. The molecule has 0 fully saturated rings. The van der Waals surface area contributed by atoms with Crippen LogP contribution in [0.2, 0.25) is 0 Å². The third-order valence-corrected chi connectivity index (χ3v) is 1.72. The van der Waals surface area contributed by atoms with Gasteiger partial charge in [-0.05, 0) is 0 Å². The molecule has 2 nitrogen and oxygen atoms in total. The number of alkyl halides is 1. The van der Waals surface area contributed by atoms with Crippen LogP contribution in [0.5, 0.6) is 0 Å². The second-order valence-corrected chi connectivity index (χ2v) is 2.55. The Labute approximate surface area is 68.4 Å². The molecule has 0 saturated carbocycles. The van der Waals surface area contributed by atoms with E-state index in [0.29, 0.717) is 0 Å². The third-order valence-electron chi connectivity index (χ3n) is 1.07. The van der Waals surface area contributed by atoms with E-state index in [0.717, 1.165) is 0 Å². The van der Waals surface area contributed by atoms with Crippen molar-refractivity contribution in [3.63, 3.8) is 0 Å². The van der Waals surface area contributed by atoms with Gasteiger partial charge in [0.15, 0.2) is 0 Å². The molecule has 53 valence electrons. The zero-order valence-electron chi connectivity index (χ0n) is 4.88. The quantitative estimate of drug-likeness (QED) is 0.342. The minimum absolute atomic E-state index is 0.242. The Balaban J connectivity index is 2.93. The first kappa shape index (κ1) is 7.63. The minimum Gasteiger partial charge on any atom is -0.411 e. The van der Waals surface area contributed by atoms with E-state index >= 15 is 0 Å². The number of nitrogens with zero attached hydrogens (tertiary/aromatic N) is 1. The minimum atomic E-state index is -0.446. The molecule has 4 heteroatoms. The zero-order valence-corrected chi connectivity index (χ0v) is 6.39. The summed E-state index contributed by atoms with van der Waals surface area (Å²) in [4.78, 5) is 0. The van der Waals surface area contributed by atoms with E-state index in [1.807, 2.05) is 0 Å². The molecule has 10 heavy (non-hydrogen) atoms. The van der Waals surface area contributed by atoms with Crippen LogP contribution >= 0.6 is 23.2 Å². The van der Waals surface area contributed by atoms with Gasteiger partial charge in [-0.2, -0.15) is 0 Å². The average Bonchev–Trinajstić information content (AvgIpc) is 1.88. The smallest absolute Gasteiger partial charge is 0.120 e. The predicted octanol–water partition coefficient (Wildman–Crippen LogP) is 1.92. The lowest BCUT2D eigenvalue weighted by molar-refractivity contribution is 0.318. The van der Waals surface area contributed by atoms with E-state index in [9.17, 15) is 0 Å². The molecule has 0 heterocycles. The Bertz CT molecular complexity index is 220. The van der Waals surface area contributed by atoms with Crippen molar-refractivity contribution in [1.82, 2.24) is 0 Å². The molecule has 0 amide bonds. The molecule has 0 bridgehead atoms. The van der Waals surface area contributed by atoms with Gasteiger partial charge in [-0.3, -0.25) is 0 Å². The number of allylic oxidation sites excluding steroid dienone is 4.